The fourth-order valence-corrected chi connectivity index (χ4v) is 3.74. The number of esters is 1. The third-order valence-corrected chi connectivity index (χ3v) is 4.81. The minimum atomic E-state index is -0.951. The van der Waals surface area contributed by atoms with E-state index in [0.29, 0.717) is 11.4 Å². The number of thiocarbonyl (C=S) groups is 1. The van der Waals surface area contributed by atoms with E-state index in [1.807, 2.05) is 27.7 Å². The SMILES string of the molecule is COC(=O)[C@H]1CC(Cl)(Cl)[C@H](C)[C@H]1C(=S)NC(C)(C)C. The number of carbonyl (C=O) groups is 1. The molecule has 0 saturated heterocycles. The maximum absolute atomic E-state index is 11.9. The van der Waals surface area contributed by atoms with Gasteiger partial charge in [0.2, 0.25) is 0 Å². The molecule has 0 bridgehead atoms. The molecule has 0 aromatic carbocycles. The molecule has 0 radical (unpaired) electrons. The van der Waals surface area contributed by atoms with Crippen molar-refractivity contribution >= 4 is 46.4 Å². The van der Waals surface area contributed by atoms with Crippen molar-refractivity contribution < 1.29 is 9.53 Å². The monoisotopic (exact) mass is 325 g/mol. The largest absolute Gasteiger partial charge is 0.469 e. The first-order valence-electron chi connectivity index (χ1n) is 6.27. The highest BCUT2D eigenvalue weighted by Crippen LogP contribution is 2.51. The van der Waals surface area contributed by atoms with Gasteiger partial charge in [0.25, 0.3) is 0 Å². The van der Waals surface area contributed by atoms with Gasteiger partial charge in [0.1, 0.15) is 4.33 Å². The van der Waals surface area contributed by atoms with Crippen LogP contribution >= 0.6 is 35.4 Å². The van der Waals surface area contributed by atoms with E-state index in [-0.39, 0.29) is 23.3 Å². The molecule has 1 aliphatic carbocycles. The van der Waals surface area contributed by atoms with Crippen molar-refractivity contribution in [2.24, 2.45) is 17.8 Å². The van der Waals surface area contributed by atoms with E-state index < -0.39 is 10.3 Å². The Morgan fingerprint density at radius 2 is 1.95 bits per heavy atom. The standard InChI is InChI=1S/C13H21Cl2NO2S/c1-7-9(10(19)16-12(2,3)4)8(11(17)18-5)6-13(7,14)15/h7-9H,6H2,1-5H3,(H,16,19)/t7-,8+,9-/m1/s1. The van der Waals surface area contributed by atoms with Crippen LogP contribution in [0.5, 0.6) is 0 Å². The van der Waals surface area contributed by atoms with Crippen molar-refractivity contribution in [3.8, 4) is 0 Å². The zero-order valence-corrected chi connectivity index (χ0v) is 14.2. The van der Waals surface area contributed by atoms with Crippen molar-refractivity contribution in [1.82, 2.24) is 5.32 Å². The normalized spacial score (nSPS) is 29.9. The molecule has 0 spiro atoms. The number of methoxy groups -OCH3 is 1. The first-order valence-corrected chi connectivity index (χ1v) is 7.43. The Kier molecular flexibility index (Phi) is 5.14. The van der Waals surface area contributed by atoms with Crippen LogP contribution in [0.1, 0.15) is 34.1 Å². The summed E-state index contributed by atoms with van der Waals surface area (Å²) in [6, 6.07) is 0. The average Bonchev–Trinajstić information content (AvgIpc) is 2.47. The predicted molar refractivity (Wildman–Crippen MR) is 82.7 cm³/mol. The van der Waals surface area contributed by atoms with Gasteiger partial charge >= 0.3 is 5.97 Å². The maximum Gasteiger partial charge on any atom is 0.309 e. The summed E-state index contributed by atoms with van der Waals surface area (Å²) in [4.78, 5) is 12.5. The predicted octanol–water partition coefficient (Wildman–Crippen LogP) is 3.32. The zero-order chi connectivity index (χ0) is 15.0. The molecule has 1 fully saturated rings. The molecule has 3 nitrogen and oxygen atoms in total. The van der Waals surface area contributed by atoms with Crippen LogP contribution in [0.4, 0.5) is 0 Å². The Hall–Kier alpha value is -0.0600. The van der Waals surface area contributed by atoms with Gasteiger partial charge in [-0.3, -0.25) is 4.79 Å². The van der Waals surface area contributed by atoms with Crippen molar-refractivity contribution in [2.75, 3.05) is 7.11 Å². The smallest absolute Gasteiger partial charge is 0.309 e. The minimum absolute atomic E-state index is 0.109. The molecule has 0 aromatic rings. The number of halogens is 2. The first-order chi connectivity index (χ1) is 8.49. The van der Waals surface area contributed by atoms with E-state index >= 15 is 0 Å². The molecule has 1 rings (SSSR count). The Morgan fingerprint density at radius 1 is 1.42 bits per heavy atom. The fourth-order valence-electron chi connectivity index (χ4n) is 2.46. The molecule has 1 saturated carbocycles. The molecule has 3 atom stereocenters. The van der Waals surface area contributed by atoms with Crippen LogP contribution in [0.15, 0.2) is 0 Å². The Balaban J connectivity index is 2.99. The molecule has 110 valence electrons. The molecule has 0 heterocycles. The van der Waals surface area contributed by atoms with Crippen LogP contribution < -0.4 is 5.32 Å². The summed E-state index contributed by atoms with van der Waals surface area (Å²) >= 11 is 18.0. The second-order valence-corrected chi connectivity index (χ2v) is 8.13. The number of alkyl halides is 2. The van der Waals surface area contributed by atoms with Gasteiger partial charge in [0, 0.05) is 11.5 Å². The van der Waals surface area contributed by atoms with E-state index in [2.05, 4.69) is 5.32 Å². The summed E-state index contributed by atoms with van der Waals surface area (Å²) in [5.74, 6) is -1.01. The van der Waals surface area contributed by atoms with Crippen LogP contribution in [0.3, 0.4) is 0 Å². The number of hydrogen-bond donors (Lipinski definition) is 1. The van der Waals surface area contributed by atoms with Gasteiger partial charge in [-0.2, -0.15) is 0 Å². The van der Waals surface area contributed by atoms with E-state index in [1.165, 1.54) is 7.11 Å². The molecule has 0 aliphatic heterocycles. The lowest BCUT2D eigenvalue weighted by Gasteiger charge is -2.30. The van der Waals surface area contributed by atoms with E-state index in [9.17, 15) is 4.79 Å². The van der Waals surface area contributed by atoms with E-state index in [1.54, 1.807) is 0 Å². The van der Waals surface area contributed by atoms with Crippen molar-refractivity contribution in [2.45, 2.75) is 44.0 Å². The second kappa shape index (κ2) is 5.74. The highest BCUT2D eigenvalue weighted by Gasteiger charge is 2.54. The Morgan fingerprint density at radius 3 is 2.37 bits per heavy atom. The van der Waals surface area contributed by atoms with Gasteiger partial charge in [0.05, 0.1) is 18.0 Å². The third kappa shape index (κ3) is 3.96. The molecule has 6 heteroatoms. The van der Waals surface area contributed by atoms with Gasteiger partial charge in [0.15, 0.2) is 0 Å². The van der Waals surface area contributed by atoms with Gasteiger partial charge in [-0.1, -0.05) is 19.1 Å². The fraction of sp³-hybridized carbons (Fsp3) is 0.846. The average molecular weight is 326 g/mol. The van der Waals surface area contributed by atoms with Gasteiger partial charge < -0.3 is 10.1 Å². The van der Waals surface area contributed by atoms with Crippen LogP contribution in [0.25, 0.3) is 0 Å². The van der Waals surface area contributed by atoms with Crippen molar-refractivity contribution in [1.29, 1.82) is 0 Å². The molecule has 0 unspecified atom stereocenters. The summed E-state index contributed by atoms with van der Waals surface area (Å²) in [6.45, 7) is 7.96. The summed E-state index contributed by atoms with van der Waals surface area (Å²) in [5.41, 5.74) is -0.165. The summed E-state index contributed by atoms with van der Waals surface area (Å²) in [6.07, 6.45) is 0.362. The topological polar surface area (TPSA) is 38.3 Å². The lowest BCUT2D eigenvalue weighted by Crippen LogP contribution is -2.46. The van der Waals surface area contributed by atoms with Crippen molar-refractivity contribution in [3.05, 3.63) is 0 Å². The van der Waals surface area contributed by atoms with Gasteiger partial charge in [-0.05, 0) is 33.1 Å². The molecule has 1 N–H and O–H groups in total. The molecule has 0 aromatic heterocycles. The van der Waals surface area contributed by atoms with Crippen LogP contribution in [0, 0.1) is 17.8 Å². The lowest BCUT2D eigenvalue weighted by atomic mass is 9.89. The number of rotatable bonds is 2. The van der Waals surface area contributed by atoms with Gasteiger partial charge in [-0.15, -0.1) is 23.2 Å². The molecule has 1 aliphatic rings. The third-order valence-electron chi connectivity index (χ3n) is 3.44. The quantitative estimate of drug-likeness (QED) is 0.480. The maximum atomic E-state index is 11.9. The zero-order valence-electron chi connectivity index (χ0n) is 11.9. The second-order valence-electron chi connectivity index (χ2n) is 6.15. The van der Waals surface area contributed by atoms with Gasteiger partial charge in [-0.25, -0.2) is 0 Å². The highest BCUT2D eigenvalue weighted by atomic mass is 35.5. The first kappa shape index (κ1) is 17.0. The Labute approximate surface area is 130 Å². The van der Waals surface area contributed by atoms with Crippen molar-refractivity contribution in [3.63, 3.8) is 0 Å². The molecule has 0 amide bonds. The molecular formula is C13H21Cl2NO2S. The van der Waals surface area contributed by atoms with Crippen LogP contribution in [0.2, 0.25) is 0 Å². The van der Waals surface area contributed by atoms with Crippen LogP contribution in [-0.2, 0) is 9.53 Å². The summed E-state index contributed by atoms with van der Waals surface area (Å²) in [7, 11) is 1.37. The van der Waals surface area contributed by atoms with E-state index in [0.717, 1.165) is 0 Å². The Bertz CT molecular complexity index is 379. The number of nitrogens with one attached hydrogen (secondary N) is 1. The van der Waals surface area contributed by atoms with Crippen LogP contribution in [-0.4, -0.2) is 27.9 Å². The molecule has 19 heavy (non-hydrogen) atoms. The highest BCUT2D eigenvalue weighted by molar-refractivity contribution is 7.80. The number of carbonyl (C=O) groups excluding carboxylic acids is 1. The number of ether oxygens (including phenoxy) is 1. The van der Waals surface area contributed by atoms with E-state index in [4.69, 9.17) is 40.2 Å². The minimum Gasteiger partial charge on any atom is -0.469 e. The summed E-state index contributed by atoms with van der Waals surface area (Å²) in [5, 5.41) is 3.24. The lowest BCUT2D eigenvalue weighted by molar-refractivity contribution is -0.146. The summed E-state index contributed by atoms with van der Waals surface area (Å²) < 4.78 is 3.89. The molecular weight excluding hydrogens is 305 g/mol. The number of hydrogen-bond acceptors (Lipinski definition) is 3.